The van der Waals surface area contributed by atoms with E-state index in [9.17, 15) is 4.79 Å². The molecule has 1 unspecified atom stereocenters. The number of rotatable bonds is 2. The third-order valence-corrected chi connectivity index (χ3v) is 7.03. The number of hydrogen-bond donors (Lipinski definition) is 0. The van der Waals surface area contributed by atoms with E-state index in [1.54, 1.807) is 5.56 Å². The highest BCUT2D eigenvalue weighted by molar-refractivity contribution is 5.77. The fraction of sp³-hybridized carbons (Fsp3) is 0.682. The summed E-state index contributed by atoms with van der Waals surface area (Å²) in [5.41, 5.74) is 5.77. The van der Waals surface area contributed by atoms with Crippen molar-refractivity contribution in [2.45, 2.75) is 78.1 Å². The molecule has 1 aromatic carbocycles. The molecule has 1 fully saturated rings. The van der Waals surface area contributed by atoms with Gasteiger partial charge in [0, 0.05) is 0 Å². The SMILES string of the molecule is COC(=O)[C@]1(C)CCC[C@@]2(C)c3ccc(C)c(C(C)C)c3CCC12. The van der Waals surface area contributed by atoms with Gasteiger partial charge < -0.3 is 4.74 Å². The summed E-state index contributed by atoms with van der Waals surface area (Å²) in [5, 5.41) is 0. The minimum absolute atomic E-state index is 0.0157. The first-order chi connectivity index (χ1) is 11.3. The zero-order valence-corrected chi connectivity index (χ0v) is 16.2. The predicted molar refractivity (Wildman–Crippen MR) is 98.4 cm³/mol. The van der Waals surface area contributed by atoms with E-state index in [0.717, 1.165) is 25.7 Å². The lowest BCUT2D eigenvalue weighted by molar-refractivity contribution is -0.161. The zero-order valence-electron chi connectivity index (χ0n) is 16.2. The van der Waals surface area contributed by atoms with Gasteiger partial charge in [-0.1, -0.05) is 39.3 Å². The summed E-state index contributed by atoms with van der Waals surface area (Å²) < 4.78 is 5.22. The van der Waals surface area contributed by atoms with Gasteiger partial charge in [0.2, 0.25) is 0 Å². The summed E-state index contributed by atoms with van der Waals surface area (Å²) in [5.74, 6) is 0.912. The average molecular weight is 328 g/mol. The van der Waals surface area contributed by atoms with Crippen molar-refractivity contribution in [1.29, 1.82) is 0 Å². The molecular weight excluding hydrogens is 296 g/mol. The van der Waals surface area contributed by atoms with Gasteiger partial charge in [0.1, 0.15) is 0 Å². The van der Waals surface area contributed by atoms with Crippen molar-refractivity contribution >= 4 is 5.97 Å². The van der Waals surface area contributed by atoms with Gasteiger partial charge in [-0.3, -0.25) is 4.79 Å². The second-order valence-electron chi connectivity index (χ2n) is 8.75. The van der Waals surface area contributed by atoms with Crippen LogP contribution in [0.3, 0.4) is 0 Å². The van der Waals surface area contributed by atoms with Gasteiger partial charge in [0.25, 0.3) is 0 Å². The van der Waals surface area contributed by atoms with Crippen LogP contribution in [0.15, 0.2) is 12.1 Å². The molecule has 3 rings (SSSR count). The van der Waals surface area contributed by atoms with Crippen molar-refractivity contribution < 1.29 is 9.53 Å². The van der Waals surface area contributed by atoms with E-state index in [-0.39, 0.29) is 16.8 Å². The Balaban J connectivity index is 2.15. The molecular formula is C22H32O2. The number of aryl methyl sites for hydroxylation is 1. The van der Waals surface area contributed by atoms with Gasteiger partial charge >= 0.3 is 5.97 Å². The molecule has 1 aromatic rings. The van der Waals surface area contributed by atoms with Gasteiger partial charge in [-0.05, 0) is 79.0 Å². The molecule has 0 heterocycles. The summed E-state index contributed by atoms with van der Waals surface area (Å²) >= 11 is 0. The summed E-state index contributed by atoms with van der Waals surface area (Å²) in [6.45, 7) is 11.4. The van der Waals surface area contributed by atoms with Crippen LogP contribution in [0.1, 0.15) is 81.5 Å². The molecule has 0 spiro atoms. The van der Waals surface area contributed by atoms with Crippen molar-refractivity contribution in [1.82, 2.24) is 0 Å². The molecule has 2 nitrogen and oxygen atoms in total. The fourth-order valence-corrected chi connectivity index (χ4v) is 5.99. The van der Waals surface area contributed by atoms with Crippen molar-refractivity contribution in [3.63, 3.8) is 0 Å². The first-order valence-corrected chi connectivity index (χ1v) is 9.47. The van der Waals surface area contributed by atoms with Crippen LogP contribution >= 0.6 is 0 Å². The maximum Gasteiger partial charge on any atom is 0.311 e. The predicted octanol–water partition coefficient (Wildman–Crippen LogP) is 5.30. The zero-order chi connectivity index (χ0) is 17.7. The topological polar surface area (TPSA) is 26.3 Å². The van der Waals surface area contributed by atoms with Gasteiger partial charge in [0.05, 0.1) is 12.5 Å². The van der Waals surface area contributed by atoms with E-state index in [2.05, 4.69) is 46.8 Å². The normalized spacial score (nSPS) is 32.2. The van der Waals surface area contributed by atoms with Crippen molar-refractivity contribution in [3.05, 3.63) is 34.4 Å². The highest BCUT2D eigenvalue weighted by Crippen LogP contribution is 2.58. The molecule has 1 saturated carbocycles. The van der Waals surface area contributed by atoms with Crippen molar-refractivity contribution in [3.8, 4) is 0 Å². The first kappa shape index (κ1) is 17.5. The maximum atomic E-state index is 12.6. The fourth-order valence-electron chi connectivity index (χ4n) is 5.99. The highest BCUT2D eigenvalue weighted by atomic mass is 16.5. The van der Waals surface area contributed by atoms with Crippen LogP contribution < -0.4 is 0 Å². The van der Waals surface area contributed by atoms with Gasteiger partial charge in [-0.2, -0.15) is 0 Å². The van der Waals surface area contributed by atoms with Crippen LogP contribution in [0.25, 0.3) is 0 Å². The maximum absolute atomic E-state index is 12.6. The molecule has 0 radical (unpaired) electrons. The number of methoxy groups -OCH3 is 1. The average Bonchev–Trinajstić information content (AvgIpc) is 2.52. The largest absolute Gasteiger partial charge is 0.469 e. The van der Waals surface area contributed by atoms with E-state index in [1.807, 2.05) is 0 Å². The molecule has 3 atom stereocenters. The minimum Gasteiger partial charge on any atom is -0.469 e. The van der Waals surface area contributed by atoms with Crippen molar-refractivity contribution in [2.75, 3.05) is 7.11 Å². The molecule has 0 saturated heterocycles. The quantitative estimate of drug-likeness (QED) is 0.688. The van der Waals surface area contributed by atoms with E-state index < -0.39 is 0 Å². The van der Waals surface area contributed by atoms with Gasteiger partial charge in [-0.25, -0.2) is 0 Å². The van der Waals surface area contributed by atoms with Crippen LogP contribution in [-0.4, -0.2) is 13.1 Å². The molecule has 24 heavy (non-hydrogen) atoms. The summed E-state index contributed by atoms with van der Waals surface area (Å²) in [6.07, 6.45) is 5.43. The first-order valence-electron chi connectivity index (χ1n) is 9.47. The number of carbonyl (C=O) groups excluding carboxylic acids is 1. The Kier molecular flexibility index (Phi) is 4.30. The standard InChI is InChI=1S/C22H32O2/c1-14(2)19-15(3)8-10-17-16(19)9-11-18-21(17,4)12-7-13-22(18,5)20(23)24-6/h8,10,14,18H,7,9,11-13H2,1-6H3/t18?,21-,22+/m0/s1. The lowest BCUT2D eigenvalue weighted by Gasteiger charge is -2.54. The van der Waals surface area contributed by atoms with Gasteiger partial charge in [-0.15, -0.1) is 0 Å². The lowest BCUT2D eigenvalue weighted by Crippen LogP contribution is -2.52. The Morgan fingerprint density at radius 1 is 1.25 bits per heavy atom. The van der Waals surface area contributed by atoms with Crippen molar-refractivity contribution in [2.24, 2.45) is 11.3 Å². The third kappa shape index (κ3) is 2.33. The van der Waals surface area contributed by atoms with E-state index in [0.29, 0.717) is 11.8 Å². The van der Waals surface area contributed by atoms with Crippen LogP contribution in [0.2, 0.25) is 0 Å². The van der Waals surface area contributed by atoms with Crippen LogP contribution in [0.4, 0.5) is 0 Å². The van der Waals surface area contributed by atoms with Crippen LogP contribution in [0.5, 0.6) is 0 Å². The summed E-state index contributed by atoms with van der Waals surface area (Å²) in [4.78, 5) is 12.6. The Bertz CT molecular complexity index is 660. The van der Waals surface area contributed by atoms with E-state index in [4.69, 9.17) is 4.74 Å². The Hall–Kier alpha value is -1.31. The number of hydrogen-bond acceptors (Lipinski definition) is 2. The molecule has 0 amide bonds. The van der Waals surface area contributed by atoms with Crippen LogP contribution in [-0.2, 0) is 21.4 Å². The third-order valence-electron chi connectivity index (χ3n) is 7.03. The number of carbonyl (C=O) groups is 1. The highest BCUT2D eigenvalue weighted by Gasteiger charge is 2.55. The Labute approximate surface area is 147 Å². The monoisotopic (exact) mass is 328 g/mol. The molecule has 2 heteroatoms. The number of fused-ring (bicyclic) bond motifs is 3. The summed E-state index contributed by atoms with van der Waals surface area (Å²) in [6, 6.07) is 4.65. The van der Waals surface area contributed by atoms with E-state index >= 15 is 0 Å². The Morgan fingerprint density at radius 2 is 1.96 bits per heavy atom. The van der Waals surface area contributed by atoms with Gasteiger partial charge in [0.15, 0.2) is 0 Å². The molecule has 0 N–H and O–H groups in total. The Morgan fingerprint density at radius 3 is 2.58 bits per heavy atom. The molecule has 2 aliphatic carbocycles. The van der Waals surface area contributed by atoms with Crippen LogP contribution in [0, 0.1) is 18.3 Å². The van der Waals surface area contributed by atoms with E-state index in [1.165, 1.54) is 30.2 Å². The lowest BCUT2D eigenvalue weighted by atomic mass is 9.49. The number of ether oxygens (including phenoxy) is 1. The molecule has 0 aliphatic heterocycles. The molecule has 132 valence electrons. The summed E-state index contributed by atoms with van der Waals surface area (Å²) in [7, 11) is 1.54. The minimum atomic E-state index is -0.345. The number of benzene rings is 1. The molecule has 0 bridgehead atoms. The second-order valence-corrected chi connectivity index (χ2v) is 8.75. The smallest absolute Gasteiger partial charge is 0.311 e. The molecule has 0 aromatic heterocycles. The molecule has 2 aliphatic rings. The second kappa shape index (κ2) is 5.89. The number of esters is 1.